The maximum absolute atomic E-state index is 12.8. The lowest BCUT2D eigenvalue weighted by Gasteiger charge is -2.32. The molecule has 1 amide bonds. The Morgan fingerprint density at radius 1 is 1.38 bits per heavy atom. The van der Waals surface area contributed by atoms with Crippen molar-refractivity contribution < 1.29 is 13.2 Å². The third-order valence-corrected chi connectivity index (χ3v) is 5.97. The number of anilines is 1. The Morgan fingerprint density at radius 2 is 2.19 bits per heavy atom. The Hall–Kier alpha value is -2.17. The average molecular weight is 399 g/mol. The fraction of sp³-hybridized carbons (Fsp3) is 0.400. The van der Waals surface area contributed by atoms with Crippen molar-refractivity contribution in [1.82, 2.24) is 25.0 Å². The maximum atomic E-state index is 12.8. The number of fused-ring (bicyclic) bond motifs is 3. The van der Waals surface area contributed by atoms with Crippen LogP contribution in [0.2, 0.25) is 0 Å². The van der Waals surface area contributed by atoms with E-state index < -0.39 is 10.0 Å². The van der Waals surface area contributed by atoms with Crippen LogP contribution < -0.4 is 10.0 Å². The largest absolute Gasteiger partial charge is 0.337 e. The fourth-order valence-corrected chi connectivity index (χ4v) is 4.48. The quantitative estimate of drug-likeness (QED) is 0.767. The fourth-order valence-electron chi connectivity index (χ4n) is 3.28. The molecular formula is C15H19ClN6O3S. The zero-order chi connectivity index (χ0) is 17.6. The van der Waals surface area contributed by atoms with Crippen molar-refractivity contribution in [3.63, 3.8) is 0 Å². The van der Waals surface area contributed by atoms with Crippen molar-refractivity contribution in [2.45, 2.75) is 23.8 Å². The van der Waals surface area contributed by atoms with Gasteiger partial charge in [-0.05, 0) is 38.1 Å². The highest BCUT2D eigenvalue weighted by Gasteiger charge is 2.31. The molecule has 0 saturated carbocycles. The van der Waals surface area contributed by atoms with Crippen LogP contribution in [-0.4, -0.2) is 60.2 Å². The number of likely N-dealkylation sites (tertiary alicyclic amines) is 1. The number of carbonyl (C=O) groups is 1. The minimum Gasteiger partial charge on any atom is -0.337 e. The number of likely N-dealkylation sites (N-methyl/N-ethyl adjacent to an activating group) is 1. The first-order chi connectivity index (χ1) is 12.0. The van der Waals surface area contributed by atoms with Crippen LogP contribution in [-0.2, 0) is 10.0 Å². The van der Waals surface area contributed by atoms with E-state index in [4.69, 9.17) is 0 Å². The van der Waals surface area contributed by atoms with Gasteiger partial charge in [-0.25, -0.2) is 13.1 Å². The Bertz CT molecular complexity index is 945. The molecule has 0 bridgehead atoms. The van der Waals surface area contributed by atoms with Gasteiger partial charge >= 0.3 is 0 Å². The van der Waals surface area contributed by atoms with E-state index in [2.05, 4.69) is 20.1 Å². The van der Waals surface area contributed by atoms with Gasteiger partial charge in [-0.1, -0.05) is 0 Å². The zero-order valence-corrected chi connectivity index (χ0v) is 15.7. The summed E-state index contributed by atoms with van der Waals surface area (Å²) >= 11 is 0. The van der Waals surface area contributed by atoms with Crippen LogP contribution in [0.1, 0.15) is 23.2 Å². The molecule has 3 heterocycles. The second-order valence-electron chi connectivity index (χ2n) is 6.16. The summed E-state index contributed by atoms with van der Waals surface area (Å²) < 4.78 is 28.7. The molecule has 4 rings (SSSR count). The third kappa shape index (κ3) is 3.04. The monoisotopic (exact) mass is 398 g/mol. The molecule has 1 fully saturated rings. The van der Waals surface area contributed by atoms with E-state index in [0.717, 1.165) is 12.8 Å². The first kappa shape index (κ1) is 18.6. The van der Waals surface area contributed by atoms with Gasteiger partial charge in [0.25, 0.3) is 15.9 Å². The standard InChI is InChI=1S/C15H18N6O3S.ClH/c1-16-11-3-2-6-20(8-11)14(22)10-4-5-12-13(7-10)25(23,24)19-15-17-9-18-21(12)15;/h4-5,7,9,11,16H,2-3,6,8H2,1H3,(H,17,18,19);1H. The average Bonchev–Trinajstić information content (AvgIpc) is 3.08. The normalized spacial score (nSPS) is 20.3. The number of benzene rings is 1. The molecule has 1 unspecified atom stereocenters. The van der Waals surface area contributed by atoms with E-state index in [1.807, 2.05) is 7.05 Å². The topological polar surface area (TPSA) is 109 Å². The number of sulfonamides is 1. The molecule has 2 aliphatic heterocycles. The lowest BCUT2D eigenvalue weighted by molar-refractivity contribution is 0.0698. The molecular weight excluding hydrogens is 380 g/mol. The van der Waals surface area contributed by atoms with Crippen LogP contribution >= 0.6 is 12.4 Å². The smallest absolute Gasteiger partial charge is 0.266 e. The second kappa shape index (κ2) is 6.86. The minimum atomic E-state index is -3.78. The first-order valence-electron chi connectivity index (χ1n) is 8.03. The molecule has 140 valence electrons. The Labute approximate surface area is 157 Å². The summed E-state index contributed by atoms with van der Waals surface area (Å²) in [5, 5.41) is 7.22. The van der Waals surface area contributed by atoms with Crippen molar-refractivity contribution in [3.8, 4) is 5.69 Å². The molecule has 1 aromatic heterocycles. The van der Waals surface area contributed by atoms with Crippen molar-refractivity contribution in [1.29, 1.82) is 0 Å². The summed E-state index contributed by atoms with van der Waals surface area (Å²) in [6.45, 7) is 1.29. The maximum Gasteiger partial charge on any atom is 0.266 e. The lowest BCUT2D eigenvalue weighted by Crippen LogP contribution is -2.47. The minimum absolute atomic E-state index is 0. The van der Waals surface area contributed by atoms with Gasteiger partial charge < -0.3 is 10.2 Å². The number of halogens is 1. The number of carbonyl (C=O) groups excluding carboxylic acids is 1. The predicted molar refractivity (Wildman–Crippen MR) is 97.4 cm³/mol. The Kier molecular flexibility index (Phi) is 4.91. The summed E-state index contributed by atoms with van der Waals surface area (Å²) in [6.07, 6.45) is 3.22. The van der Waals surface area contributed by atoms with Crippen molar-refractivity contribution >= 4 is 34.3 Å². The number of nitrogens with zero attached hydrogens (tertiary/aromatic N) is 4. The molecule has 1 saturated heterocycles. The molecule has 2 aliphatic rings. The molecule has 2 N–H and O–H groups in total. The number of amides is 1. The molecule has 0 spiro atoms. The molecule has 0 aliphatic carbocycles. The summed E-state index contributed by atoms with van der Waals surface area (Å²) in [7, 11) is -1.90. The van der Waals surface area contributed by atoms with Crippen LogP contribution in [0.25, 0.3) is 5.69 Å². The number of piperidine rings is 1. The van der Waals surface area contributed by atoms with Gasteiger partial charge in [0.15, 0.2) is 0 Å². The van der Waals surface area contributed by atoms with Crippen molar-refractivity contribution in [2.75, 3.05) is 24.9 Å². The van der Waals surface area contributed by atoms with Crippen LogP contribution in [0, 0.1) is 0 Å². The lowest BCUT2D eigenvalue weighted by atomic mass is 10.0. The molecule has 0 radical (unpaired) electrons. The van der Waals surface area contributed by atoms with E-state index in [1.54, 1.807) is 17.0 Å². The second-order valence-corrected chi connectivity index (χ2v) is 7.81. The molecule has 11 heteroatoms. The van der Waals surface area contributed by atoms with Gasteiger partial charge in [-0.3, -0.25) is 4.79 Å². The van der Waals surface area contributed by atoms with Crippen LogP contribution in [0.15, 0.2) is 29.4 Å². The van der Waals surface area contributed by atoms with E-state index in [9.17, 15) is 13.2 Å². The Balaban J connectivity index is 0.00000196. The van der Waals surface area contributed by atoms with E-state index >= 15 is 0 Å². The molecule has 2 aromatic rings. The SMILES string of the molecule is CNC1CCCN(C(=O)c2ccc3c(c2)S(=O)(=O)Nc2ncnn2-3)C1.Cl. The molecule has 1 aromatic carbocycles. The molecule has 9 nitrogen and oxygen atoms in total. The van der Waals surface area contributed by atoms with Crippen molar-refractivity contribution in [2.24, 2.45) is 0 Å². The van der Waals surface area contributed by atoms with Gasteiger partial charge in [0.1, 0.15) is 11.2 Å². The summed E-state index contributed by atoms with van der Waals surface area (Å²) in [5.41, 5.74) is 0.735. The number of hydrogen-bond acceptors (Lipinski definition) is 6. The van der Waals surface area contributed by atoms with E-state index in [1.165, 1.54) is 17.1 Å². The van der Waals surface area contributed by atoms with E-state index in [0.29, 0.717) is 24.3 Å². The summed E-state index contributed by atoms with van der Waals surface area (Å²) in [6, 6.07) is 4.90. The summed E-state index contributed by atoms with van der Waals surface area (Å²) in [4.78, 5) is 18.5. The zero-order valence-electron chi connectivity index (χ0n) is 14.0. The van der Waals surface area contributed by atoms with Gasteiger partial charge in [0, 0.05) is 24.7 Å². The number of rotatable bonds is 2. The van der Waals surface area contributed by atoms with Crippen molar-refractivity contribution in [3.05, 3.63) is 30.1 Å². The highest BCUT2D eigenvalue weighted by Crippen LogP contribution is 2.30. The predicted octanol–water partition coefficient (Wildman–Crippen LogP) is 0.627. The highest BCUT2D eigenvalue weighted by atomic mass is 35.5. The van der Waals surface area contributed by atoms with E-state index in [-0.39, 0.29) is 35.2 Å². The number of nitrogens with one attached hydrogen (secondary N) is 2. The van der Waals surface area contributed by atoms with Gasteiger partial charge in [-0.2, -0.15) is 14.8 Å². The molecule has 1 atom stereocenters. The van der Waals surface area contributed by atoms with Gasteiger partial charge in [0.2, 0.25) is 5.95 Å². The first-order valence-corrected chi connectivity index (χ1v) is 9.52. The summed E-state index contributed by atoms with van der Waals surface area (Å²) in [5.74, 6) is -0.0261. The van der Waals surface area contributed by atoms with Gasteiger partial charge in [-0.15, -0.1) is 12.4 Å². The Morgan fingerprint density at radius 3 is 2.96 bits per heavy atom. The third-order valence-electron chi connectivity index (χ3n) is 4.61. The van der Waals surface area contributed by atoms with Gasteiger partial charge in [0.05, 0.1) is 5.69 Å². The molecule has 26 heavy (non-hydrogen) atoms. The number of aromatic nitrogens is 3. The van der Waals surface area contributed by atoms with Crippen LogP contribution in [0.5, 0.6) is 0 Å². The van der Waals surface area contributed by atoms with Crippen LogP contribution in [0.4, 0.5) is 5.95 Å². The van der Waals surface area contributed by atoms with Crippen LogP contribution in [0.3, 0.4) is 0 Å². The number of hydrogen-bond donors (Lipinski definition) is 2. The highest BCUT2D eigenvalue weighted by molar-refractivity contribution is 7.93.